The predicted octanol–water partition coefficient (Wildman–Crippen LogP) is 7.61. The van der Waals surface area contributed by atoms with Gasteiger partial charge in [-0.15, -0.1) is 0 Å². The van der Waals surface area contributed by atoms with E-state index in [9.17, 15) is 0 Å². The van der Waals surface area contributed by atoms with Gasteiger partial charge in [0.15, 0.2) is 11.5 Å². The van der Waals surface area contributed by atoms with Gasteiger partial charge in [-0.2, -0.15) is 0 Å². The van der Waals surface area contributed by atoms with E-state index in [-0.39, 0.29) is 6.61 Å². The number of halogens is 4. The maximum atomic E-state index is 6.46. The van der Waals surface area contributed by atoms with Crippen LogP contribution in [0.4, 0.5) is 5.69 Å². The van der Waals surface area contributed by atoms with Crippen LogP contribution in [-0.4, -0.2) is 7.11 Å². The maximum absolute atomic E-state index is 6.46. The smallest absolute Gasteiger partial charge is 0.180 e. The van der Waals surface area contributed by atoms with Crippen molar-refractivity contribution in [1.82, 2.24) is 0 Å². The molecule has 0 radical (unpaired) electrons. The number of hydrogen-bond acceptors (Lipinski definition) is 3. The number of nitrogens with one attached hydrogen (secondary N) is 1. The van der Waals surface area contributed by atoms with E-state index in [1.807, 2.05) is 36.4 Å². The SMILES string of the molecule is COc1cc(CNc2ccc(Br)cc2)cc(Cl)c1OCc1c(Cl)cccc1Cl. The summed E-state index contributed by atoms with van der Waals surface area (Å²) in [5.74, 6) is 0.996. The molecule has 0 bridgehead atoms. The molecule has 0 aliphatic heterocycles. The molecule has 0 heterocycles. The van der Waals surface area contributed by atoms with Crippen LogP contribution in [0, 0.1) is 0 Å². The van der Waals surface area contributed by atoms with Crippen molar-refractivity contribution in [2.75, 3.05) is 12.4 Å². The van der Waals surface area contributed by atoms with Crippen LogP contribution in [0.1, 0.15) is 11.1 Å². The summed E-state index contributed by atoms with van der Waals surface area (Å²) in [5, 5.41) is 4.88. The van der Waals surface area contributed by atoms with Gasteiger partial charge in [0.2, 0.25) is 0 Å². The Balaban J connectivity index is 1.74. The molecule has 3 rings (SSSR count). The molecule has 3 aromatic carbocycles. The molecular formula is C21H17BrCl3NO2. The van der Waals surface area contributed by atoms with Crippen molar-refractivity contribution in [1.29, 1.82) is 0 Å². The molecule has 146 valence electrons. The Morgan fingerprint density at radius 3 is 2.25 bits per heavy atom. The average molecular weight is 502 g/mol. The third-order valence-electron chi connectivity index (χ3n) is 4.05. The van der Waals surface area contributed by atoms with Gasteiger partial charge in [0, 0.05) is 32.3 Å². The molecule has 1 N–H and O–H groups in total. The number of anilines is 1. The first-order chi connectivity index (χ1) is 13.5. The summed E-state index contributed by atoms with van der Waals surface area (Å²) < 4.78 is 12.4. The van der Waals surface area contributed by atoms with E-state index in [1.165, 1.54) is 0 Å². The number of methoxy groups -OCH3 is 1. The van der Waals surface area contributed by atoms with Gasteiger partial charge in [-0.25, -0.2) is 0 Å². The molecule has 0 aromatic heterocycles. The molecule has 0 aliphatic carbocycles. The Labute approximate surface area is 187 Å². The monoisotopic (exact) mass is 499 g/mol. The lowest BCUT2D eigenvalue weighted by atomic mass is 10.2. The molecule has 0 amide bonds. The lowest BCUT2D eigenvalue weighted by molar-refractivity contribution is 0.284. The second-order valence-corrected chi connectivity index (χ2v) is 8.10. The summed E-state index contributed by atoms with van der Waals surface area (Å²) in [6.07, 6.45) is 0. The lowest BCUT2D eigenvalue weighted by Gasteiger charge is -2.16. The van der Waals surface area contributed by atoms with Crippen LogP contribution in [0.15, 0.2) is 59.1 Å². The Morgan fingerprint density at radius 1 is 0.929 bits per heavy atom. The molecule has 0 aliphatic rings. The molecule has 0 spiro atoms. The third kappa shape index (κ3) is 5.26. The van der Waals surface area contributed by atoms with Crippen LogP contribution in [0.25, 0.3) is 0 Å². The third-order valence-corrected chi connectivity index (χ3v) is 5.57. The summed E-state index contributed by atoms with van der Waals surface area (Å²) in [6.45, 7) is 0.777. The van der Waals surface area contributed by atoms with Gasteiger partial charge in [-0.3, -0.25) is 0 Å². The zero-order chi connectivity index (χ0) is 20.1. The Hall–Kier alpha value is -1.59. The van der Waals surface area contributed by atoms with E-state index in [1.54, 1.807) is 25.3 Å². The minimum Gasteiger partial charge on any atom is -0.493 e. The number of benzene rings is 3. The highest BCUT2D eigenvalue weighted by atomic mass is 79.9. The Kier molecular flexibility index (Phi) is 7.36. The molecule has 0 atom stereocenters. The molecule has 0 saturated heterocycles. The zero-order valence-corrected chi connectivity index (χ0v) is 18.8. The minimum absolute atomic E-state index is 0.186. The first-order valence-electron chi connectivity index (χ1n) is 8.39. The van der Waals surface area contributed by atoms with Crippen molar-refractivity contribution >= 4 is 56.4 Å². The Morgan fingerprint density at radius 2 is 1.61 bits per heavy atom. The highest BCUT2D eigenvalue weighted by molar-refractivity contribution is 9.10. The molecular weight excluding hydrogens is 484 g/mol. The maximum Gasteiger partial charge on any atom is 0.180 e. The molecule has 0 fully saturated rings. The van der Waals surface area contributed by atoms with E-state index in [2.05, 4.69) is 21.2 Å². The minimum atomic E-state index is 0.186. The lowest BCUT2D eigenvalue weighted by Crippen LogP contribution is -2.03. The van der Waals surface area contributed by atoms with E-state index < -0.39 is 0 Å². The quantitative estimate of drug-likeness (QED) is 0.361. The molecule has 3 nitrogen and oxygen atoms in total. The van der Waals surface area contributed by atoms with Crippen LogP contribution in [0.3, 0.4) is 0 Å². The summed E-state index contributed by atoms with van der Waals surface area (Å²) in [7, 11) is 1.58. The number of rotatable bonds is 7. The molecule has 0 saturated carbocycles. The second-order valence-electron chi connectivity index (χ2n) is 5.96. The zero-order valence-electron chi connectivity index (χ0n) is 14.9. The van der Waals surface area contributed by atoms with Crippen molar-refractivity contribution in [3.8, 4) is 11.5 Å². The van der Waals surface area contributed by atoms with Gasteiger partial charge in [0.05, 0.1) is 12.1 Å². The van der Waals surface area contributed by atoms with Gasteiger partial charge in [0.25, 0.3) is 0 Å². The van der Waals surface area contributed by atoms with Crippen LogP contribution in [0.5, 0.6) is 11.5 Å². The largest absolute Gasteiger partial charge is 0.493 e. The van der Waals surface area contributed by atoms with Crippen molar-refractivity contribution in [2.24, 2.45) is 0 Å². The molecule has 28 heavy (non-hydrogen) atoms. The van der Waals surface area contributed by atoms with Gasteiger partial charge in [-0.05, 0) is 54.1 Å². The summed E-state index contributed by atoms with van der Waals surface area (Å²) in [4.78, 5) is 0. The first kappa shape index (κ1) is 21.1. The number of ether oxygens (including phenoxy) is 2. The fraction of sp³-hybridized carbons (Fsp3) is 0.143. The van der Waals surface area contributed by atoms with Crippen LogP contribution < -0.4 is 14.8 Å². The van der Waals surface area contributed by atoms with E-state index in [4.69, 9.17) is 44.3 Å². The molecule has 7 heteroatoms. The first-order valence-corrected chi connectivity index (χ1v) is 10.3. The van der Waals surface area contributed by atoms with Crippen molar-refractivity contribution in [2.45, 2.75) is 13.2 Å². The van der Waals surface area contributed by atoms with Crippen LogP contribution >= 0.6 is 50.7 Å². The van der Waals surface area contributed by atoms with Gasteiger partial charge >= 0.3 is 0 Å². The van der Waals surface area contributed by atoms with Crippen molar-refractivity contribution in [3.63, 3.8) is 0 Å². The van der Waals surface area contributed by atoms with Crippen molar-refractivity contribution in [3.05, 3.63) is 85.3 Å². The van der Waals surface area contributed by atoms with Crippen LogP contribution in [-0.2, 0) is 13.2 Å². The molecule has 0 unspecified atom stereocenters. The Bertz CT molecular complexity index is 944. The molecule has 3 aromatic rings. The summed E-state index contributed by atoms with van der Waals surface area (Å²) in [5.41, 5.74) is 2.67. The van der Waals surface area contributed by atoms with Gasteiger partial charge in [-0.1, -0.05) is 56.8 Å². The van der Waals surface area contributed by atoms with Crippen molar-refractivity contribution < 1.29 is 9.47 Å². The predicted molar refractivity (Wildman–Crippen MR) is 120 cm³/mol. The average Bonchev–Trinajstić information content (AvgIpc) is 2.68. The highest BCUT2D eigenvalue weighted by Crippen LogP contribution is 2.38. The van der Waals surface area contributed by atoms with E-state index in [0.29, 0.717) is 38.7 Å². The second kappa shape index (κ2) is 9.75. The fourth-order valence-corrected chi connectivity index (χ4v) is 3.66. The summed E-state index contributed by atoms with van der Waals surface area (Å²) in [6, 6.07) is 17.0. The van der Waals surface area contributed by atoms with E-state index in [0.717, 1.165) is 15.7 Å². The standard InChI is InChI=1S/C21H17BrCl3NO2/c1-27-20-10-13(11-26-15-7-5-14(22)6-8-15)9-19(25)21(20)28-12-16-17(23)3-2-4-18(16)24/h2-10,26H,11-12H2,1H3. The summed E-state index contributed by atoms with van der Waals surface area (Å²) >= 11 is 22.3. The topological polar surface area (TPSA) is 30.5 Å². The highest BCUT2D eigenvalue weighted by Gasteiger charge is 2.14. The normalized spacial score (nSPS) is 10.6. The number of hydrogen-bond donors (Lipinski definition) is 1. The fourth-order valence-electron chi connectivity index (χ4n) is 2.60. The van der Waals surface area contributed by atoms with E-state index >= 15 is 0 Å². The van der Waals surface area contributed by atoms with Crippen LogP contribution in [0.2, 0.25) is 15.1 Å². The van der Waals surface area contributed by atoms with Gasteiger partial charge in [0.1, 0.15) is 6.61 Å². The van der Waals surface area contributed by atoms with Gasteiger partial charge < -0.3 is 14.8 Å².